The summed E-state index contributed by atoms with van der Waals surface area (Å²) in [7, 11) is 0. The Balaban J connectivity index is 1.74. The van der Waals surface area contributed by atoms with Gasteiger partial charge in [0.05, 0.1) is 19.3 Å². The number of unbranched alkanes of at least 4 members (excludes halogenated alkanes) is 5. The highest BCUT2D eigenvalue weighted by Crippen LogP contribution is 2.29. The van der Waals surface area contributed by atoms with Crippen LogP contribution < -0.4 is 4.74 Å². The maximum absolute atomic E-state index is 6.15. The van der Waals surface area contributed by atoms with Crippen molar-refractivity contribution in [2.45, 2.75) is 84.0 Å². The fourth-order valence-corrected chi connectivity index (χ4v) is 3.01. The topological polar surface area (TPSA) is 27.7 Å². The van der Waals surface area contributed by atoms with E-state index in [4.69, 9.17) is 14.2 Å². The van der Waals surface area contributed by atoms with E-state index >= 15 is 0 Å². The molecule has 1 aromatic rings. The number of benzene rings is 1. The summed E-state index contributed by atoms with van der Waals surface area (Å²) in [6, 6.07) is 8.17. The van der Waals surface area contributed by atoms with Gasteiger partial charge in [-0.2, -0.15) is 0 Å². The Labute approximate surface area is 147 Å². The summed E-state index contributed by atoms with van der Waals surface area (Å²) in [4.78, 5) is 0. The summed E-state index contributed by atoms with van der Waals surface area (Å²) in [5.41, 5.74) is 1.09. The molecular weight excluding hydrogens is 300 g/mol. The zero-order valence-corrected chi connectivity index (χ0v) is 15.5. The van der Waals surface area contributed by atoms with Crippen LogP contribution in [0.3, 0.4) is 0 Å². The zero-order chi connectivity index (χ0) is 17.0. The largest absolute Gasteiger partial charge is 0.494 e. The van der Waals surface area contributed by atoms with Crippen LogP contribution in [0.15, 0.2) is 24.3 Å². The molecule has 2 unspecified atom stereocenters. The van der Waals surface area contributed by atoms with Gasteiger partial charge in [-0.1, -0.05) is 64.5 Å². The molecule has 0 amide bonds. The molecule has 1 aromatic carbocycles. The van der Waals surface area contributed by atoms with E-state index in [1.807, 2.05) is 12.1 Å². The molecule has 1 aliphatic rings. The number of rotatable bonds is 11. The molecule has 24 heavy (non-hydrogen) atoms. The third-order valence-corrected chi connectivity index (χ3v) is 4.57. The first-order chi connectivity index (χ1) is 11.8. The molecule has 0 aliphatic carbocycles. The molecule has 2 atom stereocenters. The predicted molar refractivity (Wildman–Crippen MR) is 98.4 cm³/mol. The maximum Gasteiger partial charge on any atom is 0.184 e. The maximum atomic E-state index is 6.15. The van der Waals surface area contributed by atoms with Gasteiger partial charge in [0.25, 0.3) is 0 Å². The van der Waals surface area contributed by atoms with Crippen LogP contribution in [0, 0.1) is 0 Å². The van der Waals surface area contributed by atoms with Crippen LogP contribution in [0.1, 0.15) is 83.5 Å². The van der Waals surface area contributed by atoms with Crippen LogP contribution in [0.2, 0.25) is 0 Å². The van der Waals surface area contributed by atoms with Gasteiger partial charge in [0, 0.05) is 5.56 Å². The average molecular weight is 335 g/mol. The highest BCUT2D eigenvalue weighted by Gasteiger charge is 2.23. The van der Waals surface area contributed by atoms with Gasteiger partial charge in [-0.3, -0.25) is 0 Å². The SMILES string of the molecule is CCCCCCCC1CCOC(c2ccc(OCCCC)cc2)O1. The number of ether oxygens (including phenoxy) is 3. The molecule has 0 radical (unpaired) electrons. The number of hydrogen-bond donors (Lipinski definition) is 0. The third-order valence-electron chi connectivity index (χ3n) is 4.57. The van der Waals surface area contributed by atoms with E-state index in [1.165, 1.54) is 32.1 Å². The second-order valence-corrected chi connectivity index (χ2v) is 6.72. The quantitative estimate of drug-likeness (QED) is 0.462. The lowest BCUT2D eigenvalue weighted by Gasteiger charge is -2.30. The van der Waals surface area contributed by atoms with Crippen molar-refractivity contribution in [3.8, 4) is 5.75 Å². The average Bonchev–Trinajstić information content (AvgIpc) is 2.63. The standard InChI is InChI=1S/C21H34O3/c1-3-5-7-8-9-10-20-15-17-23-21(24-20)18-11-13-19(14-12-18)22-16-6-4-2/h11-14,20-21H,3-10,15-17H2,1-2H3. The van der Waals surface area contributed by atoms with Crippen LogP contribution in [0.4, 0.5) is 0 Å². The second-order valence-electron chi connectivity index (χ2n) is 6.72. The van der Waals surface area contributed by atoms with Crippen molar-refractivity contribution in [1.29, 1.82) is 0 Å². The van der Waals surface area contributed by atoms with Crippen molar-refractivity contribution < 1.29 is 14.2 Å². The fraction of sp³-hybridized carbons (Fsp3) is 0.714. The normalized spacial score (nSPS) is 20.9. The molecule has 0 aromatic heterocycles. The molecule has 0 saturated carbocycles. The molecule has 0 spiro atoms. The van der Waals surface area contributed by atoms with Crippen LogP contribution >= 0.6 is 0 Å². The lowest BCUT2D eigenvalue weighted by atomic mass is 10.1. The van der Waals surface area contributed by atoms with E-state index in [2.05, 4.69) is 26.0 Å². The molecule has 0 bridgehead atoms. The van der Waals surface area contributed by atoms with E-state index in [1.54, 1.807) is 0 Å². The Morgan fingerprint density at radius 2 is 1.71 bits per heavy atom. The molecule has 0 N–H and O–H groups in total. The van der Waals surface area contributed by atoms with Crippen molar-refractivity contribution >= 4 is 0 Å². The molecule has 2 rings (SSSR count). The Kier molecular flexibility index (Phi) is 9.22. The van der Waals surface area contributed by atoms with Crippen molar-refractivity contribution in [3.05, 3.63) is 29.8 Å². The van der Waals surface area contributed by atoms with E-state index < -0.39 is 0 Å². The summed E-state index contributed by atoms with van der Waals surface area (Å²) >= 11 is 0. The Bertz CT molecular complexity index is 429. The highest BCUT2D eigenvalue weighted by atomic mass is 16.7. The summed E-state index contributed by atoms with van der Waals surface area (Å²) in [5, 5.41) is 0. The van der Waals surface area contributed by atoms with Gasteiger partial charge in [0.1, 0.15) is 5.75 Å². The van der Waals surface area contributed by atoms with Gasteiger partial charge >= 0.3 is 0 Å². The van der Waals surface area contributed by atoms with Crippen LogP contribution in [-0.4, -0.2) is 19.3 Å². The smallest absolute Gasteiger partial charge is 0.184 e. The van der Waals surface area contributed by atoms with E-state index in [-0.39, 0.29) is 6.29 Å². The minimum absolute atomic E-state index is 0.218. The molecule has 3 nitrogen and oxygen atoms in total. The first-order valence-electron chi connectivity index (χ1n) is 9.83. The van der Waals surface area contributed by atoms with Gasteiger partial charge in [-0.25, -0.2) is 0 Å². The summed E-state index contributed by atoms with van der Waals surface area (Å²) in [6.45, 7) is 6.00. The Morgan fingerprint density at radius 3 is 2.46 bits per heavy atom. The zero-order valence-electron chi connectivity index (χ0n) is 15.5. The Hall–Kier alpha value is -1.06. The first-order valence-corrected chi connectivity index (χ1v) is 9.83. The number of hydrogen-bond acceptors (Lipinski definition) is 3. The van der Waals surface area contributed by atoms with Crippen molar-refractivity contribution in [2.24, 2.45) is 0 Å². The Morgan fingerprint density at radius 1 is 0.958 bits per heavy atom. The lowest BCUT2D eigenvalue weighted by molar-refractivity contribution is -0.218. The van der Waals surface area contributed by atoms with E-state index in [0.29, 0.717) is 6.10 Å². The third kappa shape index (κ3) is 6.82. The van der Waals surface area contributed by atoms with Gasteiger partial charge in [-0.05, 0) is 31.4 Å². The lowest BCUT2D eigenvalue weighted by Crippen LogP contribution is -2.27. The molecule has 1 saturated heterocycles. The van der Waals surface area contributed by atoms with Crippen molar-refractivity contribution in [3.63, 3.8) is 0 Å². The first kappa shape index (κ1) is 19.3. The summed E-state index contributed by atoms with van der Waals surface area (Å²) in [6.07, 6.45) is 11.1. The monoisotopic (exact) mass is 334 g/mol. The minimum Gasteiger partial charge on any atom is -0.494 e. The molecule has 1 aliphatic heterocycles. The predicted octanol–water partition coefficient (Wildman–Crippen LogP) is 6.03. The van der Waals surface area contributed by atoms with Crippen LogP contribution in [0.5, 0.6) is 5.75 Å². The minimum atomic E-state index is -0.218. The van der Waals surface area contributed by atoms with Crippen molar-refractivity contribution in [1.82, 2.24) is 0 Å². The fourth-order valence-electron chi connectivity index (χ4n) is 3.01. The van der Waals surface area contributed by atoms with Gasteiger partial charge < -0.3 is 14.2 Å². The van der Waals surface area contributed by atoms with Gasteiger partial charge in [-0.15, -0.1) is 0 Å². The molecule has 3 heteroatoms. The molecule has 136 valence electrons. The van der Waals surface area contributed by atoms with Crippen LogP contribution in [-0.2, 0) is 9.47 Å². The molecule has 1 fully saturated rings. The van der Waals surface area contributed by atoms with E-state index in [9.17, 15) is 0 Å². The van der Waals surface area contributed by atoms with E-state index in [0.717, 1.165) is 50.2 Å². The summed E-state index contributed by atoms with van der Waals surface area (Å²) < 4.78 is 17.7. The molecule has 1 heterocycles. The van der Waals surface area contributed by atoms with Crippen LogP contribution in [0.25, 0.3) is 0 Å². The summed E-state index contributed by atoms with van der Waals surface area (Å²) in [5.74, 6) is 0.926. The van der Waals surface area contributed by atoms with Gasteiger partial charge in [0.2, 0.25) is 0 Å². The van der Waals surface area contributed by atoms with Gasteiger partial charge in [0.15, 0.2) is 6.29 Å². The highest BCUT2D eigenvalue weighted by molar-refractivity contribution is 5.28. The molecular formula is C21H34O3. The van der Waals surface area contributed by atoms with Crippen molar-refractivity contribution in [2.75, 3.05) is 13.2 Å². The second kappa shape index (κ2) is 11.5.